The lowest BCUT2D eigenvalue weighted by Gasteiger charge is -2.36. The van der Waals surface area contributed by atoms with Crippen molar-refractivity contribution in [1.82, 2.24) is 4.90 Å². The van der Waals surface area contributed by atoms with E-state index < -0.39 is 5.41 Å². The second kappa shape index (κ2) is 6.46. The first kappa shape index (κ1) is 17.7. The quantitative estimate of drug-likeness (QED) is 0.758. The van der Waals surface area contributed by atoms with Crippen LogP contribution in [0.4, 0.5) is 0 Å². The van der Waals surface area contributed by atoms with Crippen LogP contribution in [0.3, 0.4) is 0 Å². The maximum Gasteiger partial charge on any atom is 0.311 e. The zero-order valence-electron chi connectivity index (χ0n) is 15.7. The van der Waals surface area contributed by atoms with E-state index in [9.17, 15) is 9.59 Å². The van der Waals surface area contributed by atoms with Crippen LogP contribution >= 0.6 is 0 Å². The zero-order valence-corrected chi connectivity index (χ0v) is 15.7. The number of carbonyl (C=O) groups is 2. The molecular weight excluding hydrogens is 330 g/mol. The van der Waals surface area contributed by atoms with E-state index in [-0.39, 0.29) is 30.3 Å². The monoisotopic (exact) mass is 357 g/mol. The Morgan fingerprint density at radius 3 is 2.73 bits per heavy atom. The molecule has 0 radical (unpaired) electrons. The lowest BCUT2D eigenvalue weighted by atomic mass is 9.81. The minimum Gasteiger partial charge on any atom is -0.469 e. The Labute approximate surface area is 154 Å². The number of methoxy groups -OCH3 is 1. The number of nitrogens with zero attached hydrogens (tertiary/aromatic N) is 1. The van der Waals surface area contributed by atoms with Crippen LogP contribution in [-0.2, 0) is 25.6 Å². The smallest absolute Gasteiger partial charge is 0.311 e. The van der Waals surface area contributed by atoms with Crippen molar-refractivity contribution >= 4 is 11.8 Å². The van der Waals surface area contributed by atoms with Gasteiger partial charge in [0.2, 0.25) is 0 Å². The van der Waals surface area contributed by atoms with Gasteiger partial charge in [-0.15, -0.1) is 0 Å². The molecule has 1 aromatic carbocycles. The number of benzene rings is 1. The molecule has 3 saturated heterocycles. The molecule has 5 heteroatoms. The van der Waals surface area contributed by atoms with Gasteiger partial charge in [0, 0.05) is 24.9 Å². The third-order valence-electron chi connectivity index (χ3n) is 6.36. The van der Waals surface area contributed by atoms with E-state index in [2.05, 4.69) is 17.0 Å². The van der Waals surface area contributed by atoms with Crippen molar-refractivity contribution in [1.29, 1.82) is 0 Å². The van der Waals surface area contributed by atoms with E-state index in [1.165, 1.54) is 12.7 Å². The molecule has 2 bridgehead atoms. The van der Waals surface area contributed by atoms with Crippen LogP contribution < -0.4 is 0 Å². The molecule has 3 aliphatic heterocycles. The summed E-state index contributed by atoms with van der Waals surface area (Å²) in [4.78, 5) is 27.0. The molecule has 0 N–H and O–H groups in total. The van der Waals surface area contributed by atoms with Crippen molar-refractivity contribution in [2.24, 2.45) is 11.3 Å². The predicted octanol–water partition coefficient (Wildman–Crippen LogP) is 2.58. The number of Topliss-reactive ketones (excluding diaryl/α,β-unsaturated/α-hetero) is 1. The maximum absolute atomic E-state index is 12.6. The number of piperidine rings is 1. The van der Waals surface area contributed by atoms with Gasteiger partial charge in [0.25, 0.3) is 0 Å². The molecule has 3 fully saturated rings. The van der Waals surface area contributed by atoms with Gasteiger partial charge in [-0.1, -0.05) is 30.3 Å². The number of carbonyl (C=O) groups excluding carboxylic acids is 2. The molecule has 0 aromatic heterocycles. The number of esters is 1. The lowest BCUT2D eigenvalue weighted by Crippen LogP contribution is -2.51. The fourth-order valence-electron chi connectivity index (χ4n) is 5.14. The highest BCUT2D eigenvalue weighted by Gasteiger charge is 2.60. The second-order valence-electron chi connectivity index (χ2n) is 8.53. The lowest BCUT2D eigenvalue weighted by molar-refractivity contribution is -0.154. The third kappa shape index (κ3) is 2.87. The maximum atomic E-state index is 12.6. The Bertz CT molecular complexity index is 701. The molecule has 0 aliphatic carbocycles. The Balaban J connectivity index is 1.54. The highest BCUT2D eigenvalue weighted by atomic mass is 16.5. The van der Waals surface area contributed by atoms with E-state index >= 15 is 0 Å². The summed E-state index contributed by atoms with van der Waals surface area (Å²) in [5, 5.41) is 0. The number of ether oxygens (including phenoxy) is 2. The molecule has 3 heterocycles. The average Bonchev–Trinajstić information content (AvgIpc) is 3.09. The zero-order chi connectivity index (χ0) is 18.5. The largest absolute Gasteiger partial charge is 0.469 e. The van der Waals surface area contributed by atoms with Gasteiger partial charge >= 0.3 is 5.97 Å². The number of fused-ring (bicyclic) bond motifs is 1. The molecular formula is C21H27NO4. The first-order valence-corrected chi connectivity index (χ1v) is 9.47. The van der Waals surface area contributed by atoms with Crippen molar-refractivity contribution < 1.29 is 19.1 Å². The van der Waals surface area contributed by atoms with Crippen LogP contribution in [0.2, 0.25) is 0 Å². The van der Waals surface area contributed by atoms with Crippen LogP contribution in [-0.4, -0.2) is 48.1 Å². The fraction of sp³-hybridized carbons (Fsp3) is 0.619. The van der Waals surface area contributed by atoms with Crippen LogP contribution in [0.15, 0.2) is 30.3 Å². The van der Waals surface area contributed by atoms with Crippen LogP contribution in [0.5, 0.6) is 0 Å². The Morgan fingerprint density at radius 1 is 1.31 bits per heavy atom. The molecule has 0 amide bonds. The summed E-state index contributed by atoms with van der Waals surface area (Å²) in [6.07, 6.45) is 1.95. The van der Waals surface area contributed by atoms with Crippen LogP contribution in [0, 0.1) is 11.3 Å². The summed E-state index contributed by atoms with van der Waals surface area (Å²) >= 11 is 0. The molecule has 4 rings (SSSR count). The van der Waals surface area contributed by atoms with E-state index in [0.29, 0.717) is 24.5 Å². The Kier molecular flexibility index (Phi) is 4.40. The average molecular weight is 357 g/mol. The molecule has 0 saturated carbocycles. The second-order valence-corrected chi connectivity index (χ2v) is 8.53. The Morgan fingerprint density at radius 2 is 2.04 bits per heavy atom. The SMILES string of the molecule is COC(=O)C(C)(C)C[C@@H]1OC2CC(=O)[C@H]3C[C@@H]1[C@@H]2N3Cc1ccccc1. The molecule has 5 atom stereocenters. The molecule has 0 spiro atoms. The van der Waals surface area contributed by atoms with Gasteiger partial charge in [0.15, 0.2) is 5.78 Å². The summed E-state index contributed by atoms with van der Waals surface area (Å²) in [6, 6.07) is 10.6. The van der Waals surface area contributed by atoms with Gasteiger partial charge in [0.05, 0.1) is 30.8 Å². The number of hydrogen-bond acceptors (Lipinski definition) is 5. The van der Waals surface area contributed by atoms with Gasteiger partial charge in [-0.2, -0.15) is 0 Å². The fourth-order valence-corrected chi connectivity index (χ4v) is 5.14. The van der Waals surface area contributed by atoms with Crippen molar-refractivity contribution in [3.05, 3.63) is 35.9 Å². The highest BCUT2D eigenvalue weighted by molar-refractivity contribution is 5.86. The van der Waals surface area contributed by atoms with E-state index in [1.54, 1.807) is 0 Å². The first-order valence-electron chi connectivity index (χ1n) is 9.47. The normalized spacial score (nSPS) is 33.5. The molecule has 26 heavy (non-hydrogen) atoms. The third-order valence-corrected chi connectivity index (χ3v) is 6.36. The first-order chi connectivity index (χ1) is 12.4. The molecule has 1 aromatic rings. The van der Waals surface area contributed by atoms with Crippen molar-refractivity contribution in [3.63, 3.8) is 0 Å². The standard InChI is InChI=1S/C21H27NO4/c1-21(2,20(24)25-3)11-18-14-9-15-16(23)10-17(26-18)19(14)22(15)12-13-7-5-4-6-8-13/h4-8,14-15,17-19H,9-12H2,1-3H3/t14-,15+,17?,18-,19-/m0/s1. The number of ketones is 1. The summed E-state index contributed by atoms with van der Waals surface area (Å²) in [6.45, 7) is 4.61. The summed E-state index contributed by atoms with van der Waals surface area (Å²) in [7, 11) is 1.43. The Hall–Kier alpha value is -1.72. The van der Waals surface area contributed by atoms with Crippen molar-refractivity contribution in [2.45, 2.75) is 63.9 Å². The van der Waals surface area contributed by atoms with Gasteiger partial charge in [-0.3, -0.25) is 14.5 Å². The minimum absolute atomic E-state index is 0.00547. The molecule has 3 aliphatic rings. The molecule has 5 nitrogen and oxygen atoms in total. The van der Waals surface area contributed by atoms with Crippen LogP contribution in [0.25, 0.3) is 0 Å². The molecule has 1 unspecified atom stereocenters. The van der Waals surface area contributed by atoms with E-state index in [4.69, 9.17) is 9.47 Å². The summed E-state index contributed by atoms with van der Waals surface area (Å²) in [5.41, 5.74) is 0.648. The summed E-state index contributed by atoms with van der Waals surface area (Å²) in [5.74, 6) is 0.407. The topological polar surface area (TPSA) is 55.8 Å². The highest BCUT2D eigenvalue weighted by Crippen LogP contribution is 2.50. The molecule has 140 valence electrons. The van der Waals surface area contributed by atoms with Gasteiger partial charge in [0.1, 0.15) is 0 Å². The van der Waals surface area contributed by atoms with Crippen molar-refractivity contribution in [3.8, 4) is 0 Å². The number of hydrogen-bond donors (Lipinski definition) is 0. The van der Waals surface area contributed by atoms with Crippen LogP contribution in [0.1, 0.15) is 38.7 Å². The summed E-state index contributed by atoms with van der Waals surface area (Å²) < 4.78 is 11.3. The van der Waals surface area contributed by atoms with E-state index in [1.807, 2.05) is 32.0 Å². The van der Waals surface area contributed by atoms with Gasteiger partial charge in [-0.25, -0.2) is 0 Å². The minimum atomic E-state index is -0.579. The van der Waals surface area contributed by atoms with Gasteiger partial charge < -0.3 is 9.47 Å². The predicted molar refractivity (Wildman–Crippen MR) is 96.4 cm³/mol. The number of rotatable bonds is 5. The van der Waals surface area contributed by atoms with Gasteiger partial charge in [-0.05, 0) is 32.3 Å². The van der Waals surface area contributed by atoms with Crippen molar-refractivity contribution in [2.75, 3.05) is 7.11 Å². The van der Waals surface area contributed by atoms with E-state index in [0.717, 1.165) is 13.0 Å².